The molecule has 0 saturated heterocycles. The summed E-state index contributed by atoms with van der Waals surface area (Å²) in [6, 6.07) is 0. The van der Waals surface area contributed by atoms with Crippen LogP contribution in [0.3, 0.4) is 0 Å². The standard InChI is InChI=1S/C12H16N4OS/c1-4-5-16-9(3)11(8(2)15-16)14-12(17)10-6-18-7-13-10/h6-7H,4-5H2,1-3H3,(H,14,17). The van der Waals surface area contributed by atoms with Crippen LogP contribution >= 0.6 is 11.3 Å². The molecule has 96 valence electrons. The summed E-state index contributed by atoms with van der Waals surface area (Å²) in [4.78, 5) is 15.9. The maximum absolute atomic E-state index is 11.9. The summed E-state index contributed by atoms with van der Waals surface area (Å²) in [7, 11) is 0. The molecule has 0 spiro atoms. The first-order valence-electron chi connectivity index (χ1n) is 5.87. The summed E-state index contributed by atoms with van der Waals surface area (Å²) in [6.07, 6.45) is 1.02. The molecule has 0 aliphatic rings. The van der Waals surface area contributed by atoms with Crippen LogP contribution < -0.4 is 5.32 Å². The van der Waals surface area contributed by atoms with E-state index in [9.17, 15) is 4.79 Å². The highest BCUT2D eigenvalue weighted by molar-refractivity contribution is 7.07. The van der Waals surface area contributed by atoms with Crippen LogP contribution in [0, 0.1) is 13.8 Å². The van der Waals surface area contributed by atoms with Crippen LogP contribution in [0.5, 0.6) is 0 Å². The molecule has 2 aromatic rings. The first-order chi connectivity index (χ1) is 8.63. The molecule has 18 heavy (non-hydrogen) atoms. The van der Waals surface area contributed by atoms with Crippen molar-refractivity contribution in [3.8, 4) is 0 Å². The van der Waals surface area contributed by atoms with Crippen LogP contribution in [0.4, 0.5) is 5.69 Å². The normalized spacial score (nSPS) is 10.6. The Labute approximate surface area is 110 Å². The van der Waals surface area contributed by atoms with Crippen molar-refractivity contribution in [2.75, 3.05) is 5.32 Å². The van der Waals surface area contributed by atoms with Gasteiger partial charge in [-0.3, -0.25) is 9.48 Å². The lowest BCUT2D eigenvalue weighted by Crippen LogP contribution is -2.13. The van der Waals surface area contributed by atoms with E-state index in [0.29, 0.717) is 5.69 Å². The lowest BCUT2D eigenvalue weighted by molar-refractivity contribution is 0.102. The van der Waals surface area contributed by atoms with Gasteiger partial charge in [-0.15, -0.1) is 11.3 Å². The van der Waals surface area contributed by atoms with Gasteiger partial charge in [0.2, 0.25) is 0 Å². The van der Waals surface area contributed by atoms with E-state index in [1.54, 1.807) is 10.9 Å². The minimum absolute atomic E-state index is 0.182. The van der Waals surface area contributed by atoms with Gasteiger partial charge in [0.25, 0.3) is 5.91 Å². The molecule has 1 amide bonds. The molecular weight excluding hydrogens is 248 g/mol. The Morgan fingerprint density at radius 3 is 2.89 bits per heavy atom. The number of hydrogen-bond donors (Lipinski definition) is 1. The molecule has 6 heteroatoms. The average molecular weight is 264 g/mol. The average Bonchev–Trinajstić information content (AvgIpc) is 2.94. The molecule has 2 aromatic heterocycles. The number of thiazole rings is 1. The quantitative estimate of drug-likeness (QED) is 0.923. The predicted molar refractivity (Wildman–Crippen MR) is 72.1 cm³/mol. The molecule has 0 saturated carbocycles. The van der Waals surface area contributed by atoms with Crippen molar-refractivity contribution >= 4 is 22.9 Å². The van der Waals surface area contributed by atoms with Crippen LogP contribution in [0.15, 0.2) is 10.9 Å². The zero-order valence-electron chi connectivity index (χ0n) is 10.7. The lowest BCUT2D eigenvalue weighted by atomic mass is 10.3. The van der Waals surface area contributed by atoms with Crippen LogP contribution in [0.2, 0.25) is 0 Å². The number of aryl methyl sites for hydroxylation is 2. The summed E-state index contributed by atoms with van der Waals surface area (Å²) in [5, 5.41) is 9.03. The largest absolute Gasteiger partial charge is 0.317 e. The van der Waals surface area contributed by atoms with Crippen LogP contribution in [0.1, 0.15) is 35.2 Å². The number of hydrogen-bond acceptors (Lipinski definition) is 4. The Balaban J connectivity index is 2.21. The number of nitrogens with one attached hydrogen (secondary N) is 1. The fourth-order valence-electron chi connectivity index (χ4n) is 1.81. The van der Waals surface area contributed by atoms with Crippen LogP contribution in [-0.4, -0.2) is 20.7 Å². The Morgan fingerprint density at radius 2 is 2.28 bits per heavy atom. The molecule has 2 heterocycles. The van der Waals surface area contributed by atoms with E-state index < -0.39 is 0 Å². The van der Waals surface area contributed by atoms with E-state index in [1.807, 2.05) is 18.5 Å². The van der Waals surface area contributed by atoms with Crippen molar-refractivity contribution in [1.82, 2.24) is 14.8 Å². The van der Waals surface area contributed by atoms with Gasteiger partial charge in [0.1, 0.15) is 5.69 Å². The van der Waals surface area contributed by atoms with Gasteiger partial charge >= 0.3 is 0 Å². The molecule has 1 N–H and O–H groups in total. The number of carbonyl (C=O) groups excluding carboxylic acids is 1. The molecule has 0 aliphatic heterocycles. The number of carbonyl (C=O) groups is 1. The van der Waals surface area contributed by atoms with Gasteiger partial charge in [-0.25, -0.2) is 4.98 Å². The number of nitrogens with zero attached hydrogens (tertiary/aromatic N) is 3. The van der Waals surface area contributed by atoms with Gasteiger partial charge in [0, 0.05) is 11.9 Å². The highest BCUT2D eigenvalue weighted by atomic mass is 32.1. The SMILES string of the molecule is CCCn1nc(C)c(NC(=O)c2cscn2)c1C. The summed E-state index contributed by atoms with van der Waals surface area (Å²) < 4.78 is 1.92. The number of rotatable bonds is 4. The molecule has 0 aromatic carbocycles. The van der Waals surface area contributed by atoms with E-state index in [-0.39, 0.29) is 5.91 Å². The highest BCUT2D eigenvalue weighted by Crippen LogP contribution is 2.20. The lowest BCUT2D eigenvalue weighted by Gasteiger charge is -2.04. The summed E-state index contributed by atoms with van der Waals surface area (Å²) in [5.74, 6) is -0.182. The molecule has 2 rings (SSSR count). The smallest absolute Gasteiger partial charge is 0.275 e. The molecule has 0 aliphatic carbocycles. The van der Waals surface area contributed by atoms with Crippen molar-refractivity contribution in [2.24, 2.45) is 0 Å². The summed E-state index contributed by atoms with van der Waals surface area (Å²) >= 11 is 1.41. The number of aromatic nitrogens is 3. The minimum Gasteiger partial charge on any atom is -0.317 e. The Bertz CT molecular complexity index is 545. The first kappa shape index (κ1) is 12.8. The van der Waals surface area contributed by atoms with Crippen molar-refractivity contribution < 1.29 is 4.79 Å². The van der Waals surface area contributed by atoms with Crippen LogP contribution in [0.25, 0.3) is 0 Å². The monoisotopic (exact) mass is 264 g/mol. The molecule has 0 unspecified atom stereocenters. The second kappa shape index (κ2) is 5.30. The summed E-state index contributed by atoms with van der Waals surface area (Å²) in [6.45, 7) is 6.82. The summed E-state index contributed by atoms with van der Waals surface area (Å²) in [5.41, 5.74) is 4.71. The fourth-order valence-corrected chi connectivity index (χ4v) is 2.34. The molecular formula is C12H16N4OS. The van der Waals surface area contributed by atoms with Crippen molar-refractivity contribution in [2.45, 2.75) is 33.7 Å². The van der Waals surface area contributed by atoms with Crippen molar-refractivity contribution in [1.29, 1.82) is 0 Å². The maximum Gasteiger partial charge on any atom is 0.275 e. The Kier molecular flexibility index (Phi) is 3.76. The van der Waals surface area contributed by atoms with Gasteiger partial charge in [0.05, 0.1) is 22.6 Å². The number of amides is 1. The van der Waals surface area contributed by atoms with Gasteiger partial charge in [0.15, 0.2) is 0 Å². The second-order valence-corrected chi connectivity index (χ2v) is 4.82. The fraction of sp³-hybridized carbons (Fsp3) is 0.417. The van der Waals surface area contributed by atoms with Gasteiger partial charge < -0.3 is 5.32 Å². The third-order valence-corrected chi connectivity index (χ3v) is 3.31. The maximum atomic E-state index is 11.9. The van der Waals surface area contributed by atoms with Gasteiger partial charge in [-0.1, -0.05) is 6.92 Å². The van der Waals surface area contributed by atoms with E-state index >= 15 is 0 Å². The van der Waals surface area contributed by atoms with Crippen molar-refractivity contribution in [3.05, 3.63) is 28.0 Å². The molecule has 0 atom stereocenters. The Hall–Kier alpha value is -1.69. The Morgan fingerprint density at radius 1 is 1.50 bits per heavy atom. The first-order valence-corrected chi connectivity index (χ1v) is 6.81. The molecule has 0 bridgehead atoms. The van der Waals surface area contributed by atoms with E-state index in [0.717, 1.165) is 30.0 Å². The third kappa shape index (κ3) is 2.43. The molecule has 0 radical (unpaired) electrons. The second-order valence-electron chi connectivity index (χ2n) is 4.10. The predicted octanol–water partition coefficient (Wildman–Crippen LogP) is 2.62. The molecule has 0 fully saturated rings. The minimum atomic E-state index is -0.182. The van der Waals surface area contributed by atoms with Crippen LogP contribution in [-0.2, 0) is 6.54 Å². The van der Waals surface area contributed by atoms with E-state index in [2.05, 4.69) is 22.3 Å². The zero-order valence-corrected chi connectivity index (χ0v) is 11.5. The third-order valence-electron chi connectivity index (χ3n) is 2.72. The van der Waals surface area contributed by atoms with E-state index in [1.165, 1.54) is 11.3 Å². The van der Waals surface area contributed by atoms with Gasteiger partial charge in [-0.2, -0.15) is 5.10 Å². The van der Waals surface area contributed by atoms with Gasteiger partial charge in [-0.05, 0) is 20.3 Å². The highest BCUT2D eigenvalue weighted by Gasteiger charge is 2.15. The van der Waals surface area contributed by atoms with Crippen molar-refractivity contribution in [3.63, 3.8) is 0 Å². The zero-order chi connectivity index (χ0) is 13.1. The van der Waals surface area contributed by atoms with E-state index in [4.69, 9.17) is 0 Å². The molecule has 5 nitrogen and oxygen atoms in total. The topological polar surface area (TPSA) is 59.8 Å². The number of anilines is 1.